The molecule has 2 atom stereocenters. The van der Waals surface area contributed by atoms with Gasteiger partial charge in [-0.25, -0.2) is 4.79 Å². The van der Waals surface area contributed by atoms with E-state index in [0.29, 0.717) is 13.1 Å². The van der Waals surface area contributed by atoms with Crippen LogP contribution in [0.2, 0.25) is 0 Å². The van der Waals surface area contributed by atoms with E-state index >= 15 is 0 Å². The number of carbonyl (C=O) groups is 1. The van der Waals surface area contributed by atoms with Gasteiger partial charge in [-0.1, -0.05) is 54.6 Å². The van der Waals surface area contributed by atoms with Crippen molar-refractivity contribution < 1.29 is 14.3 Å². The zero-order chi connectivity index (χ0) is 22.0. The van der Waals surface area contributed by atoms with Gasteiger partial charge >= 0.3 is 6.09 Å². The summed E-state index contributed by atoms with van der Waals surface area (Å²) in [5.74, 6) is 0.806. The van der Waals surface area contributed by atoms with Crippen LogP contribution in [0.25, 0.3) is 10.8 Å². The number of hydrogen-bond donors (Lipinski definition) is 1. The topological polar surface area (TPSA) is 50.8 Å². The van der Waals surface area contributed by atoms with E-state index in [0.717, 1.165) is 27.8 Å². The quantitative estimate of drug-likeness (QED) is 0.564. The second kappa shape index (κ2) is 8.50. The molecule has 0 aromatic heterocycles. The number of nitrogens with zero attached hydrogens (tertiary/aromatic N) is 1. The fourth-order valence-electron chi connectivity index (χ4n) is 3.98. The van der Waals surface area contributed by atoms with E-state index < -0.39 is 5.60 Å². The molecule has 162 valence electrons. The first kappa shape index (κ1) is 21.0. The average molecular weight is 419 g/mol. The predicted octanol–water partition coefficient (Wildman–Crippen LogP) is 6.01. The van der Waals surface area contributed by atoms with Crippen LogP contribution in [0.1, 0.15) is 39.3 Å². The minimum atomic E-state index is -0.577. The molecule has 4 rings (SSSR count). The maximum Gasteiger partial charge on any atom is 0.410 e. The van der Waals surface area contributed by atoms with Crippen LogP contribution in [0.5, 0.6) is 5.75 Å². The molecule has 0 saturated heterocycles. The van der Waals surface area contributed by atoms with Crippen molar-refractivity contribution in [2.45, 2.75) is 45.4 Å². The van der Waals surface area contributed by atoms with Crippen LogP contribution in [0.4, 0.5) is 10.5 Å². The Labute approximate surface area is 184 Å². The van der Waals surface area contributed by atoms with Crippen molar-refractivity contribution in [3.63, 3.8) is 0 Å². The number of fused-ring (bicyclic) bond motifs is 2. The summed E-state index contributed by atoms with van der Waals surface area (Å²) in [6, 6.07) is 22.2. The largest absolute Gasteiger partial charge is 0.485 e. The van der Waals surface area contributed by atoms with Gasteiger partial charge in [0.1, 0.15) is 17.5 Å². The van der Waals surface area contributed by atoms with Gasteiger partial charge in [0.2, 0.25) is 0 Å². The van der Waals surface area contributed by atoms with E-state index in [4.69, 9.17) is 9.47 Å². The standard InChI is InChI=1S/C26H30N2O3/c1-18(21-13-9-11-19-10-5-6-12-22(19)21)28(25(29)31-26(2,3)4)17-20-16-27-23-14-7-8-15-24(23)30-20/h5-15,18,20,27H,16-17H2,1-4H3/t18-,20?/m1/s1. The second-order valence-corrected chi connectivity index (χ2v) is 8.99. The molecule has 1 amide bonds. The fourth-order valence-corrected chi connectivity index (χ4v) is 3.98. The normalized spacial score (nSPS) is 16.6. The van der Waals surface area contributed by atoms with Gasteiger partial charge in [0.05, 0.1) is 24.8 Å². The molecular formula is C26H30N2O3. The Morgan fingerprint density at radius 1 is 1.10 bits per heavy atom. The van der Waals surface area contributed by atoms with Crippen molar-refractivity contribution in [1.82, 2.24) is 4.90 Å². The third-order valence-corrected chi connectivity index (χ3v) is 5.47. The summed E-state index contributed by atoms with van der Waals surface area (Å²) in [5.41, 5.74) is 1.49. The number of benzene rings is 3. The van der Waals surface area contributed by atoms with E-state index in [1.807, 2.05) is 63.2 Å². The number of nitrogens with one attached hydrogen (secondary N) is 1. The summed E-state index contributed by atoms with van der Waals surface area (Å²) >= 11 is 0. The summed E-state index contributed by atoms with van der Waals surface area (Å²) in [5, 5.41) is 5.70. The summed E-state index contributed by atoms with van der Waals surface area (Å²) < 4.78 is 12.0. The Morgan fingerprint density at radius 3 is 2.61 bits per heavy atom. The number of amides is 1. The molecule has 3 aromatic rings. The lowest BCUT2D eigenvalue weighted by molar-refractivity contribution is 0.00857. The highest BCUT2D eigenvalue weighted by atomic mass is 16.6. The highest BCUT2D eigenvalue weighted by molar-refractivity contribution is 5.86. The second-order valence-electron chi connectivity index (χ2n) is 8.99. The molecule has 1 aliphatic rings. The van der Waals surface area contributed by atoms with Gasteiger partial charge in [-0.05, 0) is 56.2 Å². The molecule has 1 heterocycles. The molecule has 5 heteroatoms. The molecule has 5 nitrogen and oxygen atoms in total. The van der Waals surface area contributed by atoms with E-state index in [2.05, 4.69) is 36.5 Å². The maximum absolute atomic E-state index is 13.3. The molecule has 0 radical (unpaired) electrons. The van der Waals surface area contributed by atoms with Crippen molar-refractivity contribution in [2.24, 2.45) is 0 Å². The summed E-state index contributed by atoms with van der Waals surface area (Å²) in [6.45, 7) is 8.76. The minimum Gasteiger partial charge on any atom is -0.485 e. The lowest BCUT2D eigenvalue weighted by atomic mass is 9.98. The van der Waals surface area contributed by atoms with Gasteiger partial charge in [0, 0.05) is 0 Å². The third kappa shape index (κ3) is 4.76. The first-order valence-electron chi connectivity index (χ1n) is 10.8. The number of rotatable bonds is 4. The number of ether oxygens (including phenoxy) is 2. The molecule has 0 saturated carbocycles. The van der Waals surface area contributed by atoms with Crippen LogP contribution in [0, 0.1) is 0 Å². The van der Waals surface area contributed by atoms with Gasteiger partial charge in [-0.2, -0.15) is 0 Å². The molecule has 0 fully saturated rings. The SMILES string of the molecule is C[C@H](c1cccc2ccccc12)N(CC1CNc2ccccc2O1)C(=O)OC(C)(C)C. The Kier molecular flexibility index (Phi) is 5.77. The fraction of sp³-hybridized carbons (Fsp3) is 0.346. The summed E-state index contributed by atoms with van der Waals surface area (Å²) in [6.07, 6.45) is -0.518. The van der Waals surface area contributed by atoms with Gasteiger partial charge in [0.15, 0.2) is 0 Å². The number of carbonyl (C=O) groups excluding carboxylic acids is 1. The van der Waals surface area contributed by atoms with Gasteiger partial charge < -0.3 is 14.8 Å². The Morgan fingerprint density at radius 2 is 1.81 bits per heavy atom. The van der Waals surface area contributed by atoms with Crippen molar-refractivity contribution in [3.05, 3.63) is 72.3 Å². The van der Waals surface area contributed by atoms with E-state index in [1.54, 1.807) is 4.90 Å². The van der Waals surface area contributed by atoms with Crippen molar-refractivity contribution in [2.75, 3.05) is 18.4 Å². The molecule has 1 N–H and O–H groups in total. The zero-order valence-electron chi connectivity index (χ0n) is 18.6. The molecule has 1 aliphatic heterocycles. The smallest absolute Gasteiger partial charge is 0.410 e. The lowest BCUT2D eigenvalue weighted by Crippen LogP contribution is -2.46. The molecule has 0 bridgehead atoms. The van der Waals surface area contributed by atoms with Gasteiger partial charge in [-0.3, -0.25) is 4.90 Å². The predicted molar refractivity (Wildman–Crippen MR) is 125 cm³/mol. The van der Waals surface area contributed by atoms with Crippen LogP contribution in [-0.4, -0.2) is 35.8 Å². The first-order valence-corrected chi connectivity index (χ1v) is 10.8. The first-order chi connectivity index (χ1) is 14.8. The minimum absolute atomic E-state index is 0.179. The van der Waals surface area contributed by atoms with Crippen LogP contribution >= 0.6 is 0 Å². The van der Waals surface area contributed by atoms with Crippen molar-refractivity contribution >= 4 is 22.6 Å². The highest BCUT2D eigenvalue weighted by Gasteiger charge is 2.31. The van der Waals surface area contributed by atoms with Crippen LogP contribution in [0.15, 0.2) is 66.7 Å². The maximum atomic E-state index is 13.3. The molecule has 3 aromatic carbocycles. The van der Waals surface area contributed by atoms with Crippen LogP contribution in [-0.2, 0) is 4.74 Å². The Hall–Kier alpha value is -3.21. The van der Waals surface area contributed by atoms with Gasteiger partial charge in [0.25, 0.3) is 0 Å². The van der Waals surface area contributed by atoms with E-state index in [1.165, 1.54) is 0 Å². The highest BCUT2D eigenvalue weighted by Crippen LogP contribution is 2.32. The summed E-state index contributed by atoms with van der Waals surface area (Å²) in [4.78, 5) is 15.0. The van der Waals surface area contributed by atoms with E-state index in [-0.39, 0.29) is 18.2 Å². The number of anilines is 1. The summed E-state index contributed by atoms with van der Waals surface area (Å²) in [7, 11) is 0. The molecule has 31 heavy (non-hydrogen) atoms. The van der Waals surface area contributed by atoms with Crippen molar-refractivity contribution in [3.8, 4) is 5.75 Å². The third-order valence-electron chi connectivity index (χ3n) is 5.47. The Bertz CT molecular complexity index is 1070. The zero-order valence-corrected chi connectivity index (χ0v) is 18.6. The van der Waals surface area contributed by atoms with Crippen LogP contribution in [0.3, 0.4) is 0 Å². The Balaban J connectivity index is 1.63. The van der Waals surface area contributed by atoms with Crippen molar-refractivity contribution in [1.29, 1.82) is 0 Å². The van der Waals surface area contributed by atoms with Gasteiger partial charge in [-0.15, -0.1) is 0 Å². The molecular weight excluding hydrogens is 388 g/mol. The van der Waals surface area contributed by atoms with E-state index in [9.17, 15) is 4.79 Å². The molecule has 1 unspecified atom stereocenters. The van der Waals surface area contributed by atoms with Crippen LogP contribution < -0.4 is 10.1 Å². The molecule has 0 aliphatic carbocycles. The number of para-hydroxylation sites is 2. The molecule has 0 spiro atoms. The number of hydrogen-bond acceptors (Lipinski definition) is 4. The lowest BCUT2D eigenvalue weighted by Gasteiger charge is -2.36. The monoisotopic (exact) mass is 418 g/mol. The average Bonchev–Trinajstić information content (AvgIpc) is 2.75.